The lowest BCUT2D eigenvalue weighted by Gasteiger charge is -2.43. The summed E-state index contributed by atoms with van der Waals surface area (Å²) < 4.78 is 0. The van der Waals surface area contributed by atoms with Crippen molar-refractivity contribution < 1.29 is 14.4 Å². The molecule has 5 nitrogen and oxygen atoms in total. The summed E-state index contributed by atoms with van der Waals surface area (Å²) in [5.74, 6) is 0.0271. The van der Waals surface area contributed by atoms with Crippen LogP contribution in [0.3, 0.4) is 0 Å². The van der Waals surface area contributed by atoms with Crippen LogP contribution in [-0.4, -0.2) is 41.1 Å². The normalized spacial score (nSPS) is 40.9. The molecule has 86 valence electrons. The van der Waals surface area contributed by atoms with E-state index in [1.54, 1.807) is 4.90 Å². The number of β-lactam (4-membered cyclic amide) rings is 1. The van der Waals surface area contributed by atoms with Gasteiger partial charge in [-0.15, -0.1) is 0 Å². The van der Waals surface area contributed by atoms with Gasteiger partial charge in [0.05, 0.1) is 5.41 Å². The molecule has 2 atom stereocenters. The highest BCUT2D eigenvalue weighted by atomic mass is 16.2. The molecule has 0 aromatic carbocycles. The van der Waals surface area contributed by atoms with Crippen LogP contribution >= 0.6 is 0 Å². The minimum atomic E-state index is -0.635. The Bertz CT molecular complexity index is 419. The van der Waals surface area contributed by atoms with Gasteiger partial charge >= 0.3 is 0 Å². The molecular formula is C11H14N2O3. The van der Waals surface area contributed by atoms with Crippen molar-refractivity contribution in [1.82, 2.24) is 10.2 Å². The van der Waals surface area contributed by atoms with E-state index in [1.807, 2.05) is 0 Å². The fraction of sp³-hybridized carbons (Fsp3) is 0.727. The standard InChI is InChI=1S/C11H14N2O3/c1-7(14)13-6-10(5-12-9(10)16)4-11(13)3-2-8(11)15/h2-6H2,1H3,(H,12,16). The third-order valence-electron chi connectivity index (χ3n) is 4.34. The number of likely N-dealkylation sites (tertiary alicyclic amines) is 1. The van der Waals surface area contributed by atoms with Gasteiger partial charge < -0.3 is 10.2 Å². The SMILES string of the molecule is CC(=O)N1CC2(CNC2=O)CC12CCC2=O. The van der Waals surface area contributed by atoms with Crippen molar-refractivity contribution in [3.05, 3.63) is 0 Å². The van der Waals surface area contributed by atoms with E-state index in [2.05, 4.69) is 5.32 Å². The van der Waals surface area contributed by atoms with Gasteiger partial charge in [0.25, 0.3) is 0 Å². The summed E-state index contributed by atoms with van der Waals surface area (Å²) in [7, 11) is 0. The Hall–Kier alpha value is -1.39. The minimum Gasteiger partial charge on any atom is -0.354 e. The van der Waals surface area contributed by atoms with E-state index in [1.165, 1.54) is 6.92 Å². The maximum absolute atomic E-state index is 11.8. The first kappa shape index (κ1) is 9.81. The number of rotatable bonds is 0. The summed E-state index contributed by atoms with van der Waals surface area (Å²) in [6.07, 6.45) is 1.80. The highest BCUT2D eigenvalue weighted by molar-refractivity contribution is 6.01. The Morgan fingerprint density at radius 2 is 2.19 bits per heavy atom. The Morgan fingerprint density at radius 3 is 2.44 bits per heavy atom. The molecule has 3 rings (SSSR count). The van der Waals surface area contributed by atoms with Crippen molar-refractivity contribution >= 4 is 17.6 Å². The van der Waals surface area contributed by atoms with Gasteiger partial charge in [-0.2, -0.15) is 0 Å². The first-order valence-corrected chi connectivity index (χ1v) is 5.60. The molecule has 2 spiro atoms. The van der Waals surface area contributed by atoms with Crippen molar-refractivity contribution in [2.24, 2.45) is 5.41 Å². The highest BCUT2D eigenvalue weighted by Gasteiger charge is 2.66. The maximum atomic E-state index is 11.8. The van der Waals surface area contributed by atoms with Crippen LogP contribution in [0.1, 0.15) is 26.2 Å². The summed E-state index contributed by atoms with van der Waals surface area (Å²) in [5, 5.41) is 2.71. The fourth-order valence-corrected chi connectivity index (χ4v) is 3.25. The van der Waals surface area contributed by atoms with Gasteiger partial charge in [0, 0.05) is 26.4 Å². The molecule has 5 heteroatoms. The molecule has 2 aliphatic heterocycles. The van der Waals surface area contributed by atoms with E-state index in [-0.39, 0.29) is 17.6 Å². The van der Waals surface area contributed by atoms with Gasteiger partial charge in [0.2, 0.25) is 11.8 Å². The Kier molecular flexibility index (Phi) is 1.62. The third-order valence-corrected chi connectivity index (χ3v) is 4.34. The maximum Gasteiger partial charge on any atom is 0.229 e. The number of Topliss-reactive ketones (excluding diaryl/α,β-unsaturated/α-hetero) is 1. The van der Waals surface area contributed by atoms with Crippen LogP contribution in [0.4, 0.5) is 0 Å². The zero-order valence-corrected chi connectivity index (χ0v) is 9.21. The molecule has 1 aliphatic carbocycles. The first-order chi connectivity index (χ1) is 7.50. The quantitative estimate of drug-likeness (QED) is 0.560. The van der Waals surface area contributed by atoms with E-state index in [0.717, 1.165) is 6.42 Å². The van der Waals surface area contributed by atoms with Gasteiger partial charge in [-0.3, -0.25) is 14.4 Å². The van der Waals surface area contributed by atoms with Crippen molar-refractivity contribution in [2.75, 3.05) is 13.1 Å². The number of carbonyl (C=O) groups is 3. The number of carbonyl (C=O) groups excluding carboxylic acids is 3. The number of ketones is 1. The molecule has 0 bridgehead atoms. The minimum absolute atomic E-state index is 0.00433. The third kappa shape index (κ3) is 0.894. The van der Waals surface area contributed by atoms with Crippen LogP contribution in [-0.2, 0) is 14.4 Å². The Balaban J connectivity index is 1.96. The number of nitrogens with zero attached hydrogens (tertiary/aromatic N) is 1. The van der Waals surface area contributed by atoms with E-state index in [0.29, 0.717) is 25.9 Å². The van der Waals surface area contributed by atoms with E-state index >= 15 is 0 Å². The molecule has 1 saturated carbocycles. The molecule has 2 saturated heterocycles. The van der Waals surface area contributed by atoms with E-state index < -0.39 is 11.0 Å². The van der Waals surface area contributed by atoms with Crippen LogP contribution in [0.5, 0.6) is 0 Å². The second-order valence-corrected chi connectivity index (χ2v) is 5.20. The molecule has 0 radical (unpaired) electrons. The topological polar surface area (TPSA) is 66.5 Å². The molecule has 2 heterocycles. The van der Waals surface area contributed by atoms with E-state index in [9.17, 15) is 14.4 Å². The lowest BCUT2D eigenvalue weighted by Crippen LogP contribution is -2.60. The number of hydrogen-bond donors (Lipinski definition) is 1. The largest absolute Gasteiger partial charge is 0.354 e. The summed E-state index contributed by atoms with van der Waals surface area (Å²) >= 11 is 0. The van der Waals surface area contributed by atoms with Crippen LogP contribution in [0.2, 0.25) is 0 Å². The van der Waals surface area contributed by atoms with Crippen LogP contribution in [0, 0.1) is 5.41 Å². The van der Waals surface area contributed by atoms with Crippen LogP contribution in [0.15, 0.2) is 0 Å². The molecule has 3 aliphatic rings. The van der Waals surface area contributed by atoms with Crippen molar-refractivity contribution in [1.29, 1.82) is 0 Å². The van der Waals surface area contributed by atoms with Crippen molar-refractivity contribution in [3.8, 4) is 0 Å². The molecular weight excluding hydrogens is 208 g/mol. The predicted molar refractivity (Wildman–Crippen MR) is 54.4 cm³/mol. The average Bonchev–Trinajstić information content (AvgIpc) is 2.66. The second kappa shape index (κ2) is 2.64. The number of nitrogens with one attached hydrogen (secondary N) is 1. The Morgan fingerprint density at radius 1 is 1.44 bits per heavy atom. The average molecular weight is 222 g/mol. The second-order valence-electron chi connectivity index (χ2n) is 5.20. The van der Waals surface area contributed by atoms with Crippen molar-refractivity contribution in [3.63, 3.8) is 0 Å². The lowest BCUT2D eigenvalue weighted by atomic mass is 9.67. The summed E-state index contributed by atoms with van der Waals surface area (Å²) in [6.45, 7) is 2.49. The monoisotopic (exact) mass is 222 g/mol. The zero-order valence-electron chi connectivity index (χ0n) is 9.21. The van der Waals surface area contributed by atoms with Gasteiger partial charge in [-0.1, -0.05) is 0 Å². The highest BCUT2D eigenvalue weighted by Crippen LogP contribution is 2.52. The van der Waals surface area contributed by atoms with Gasteiger partial charge in [0.1, 0.15) is 5.54 Å². The smallest absolute Gasteiger partial charge is 0.229 e. The van der Waals surface area contributed by atoms with Crippen LogP contribution in [0.25, 0.3) is 0 Å². The van der Waals surface area contributed by atoms with Gasteiger partial charge in [-0.05, 0) is 12.8 Å². The zero-order chi connectivity index (χ0) is 11.6. The van der Waals surface area contributed by atoms with Crippen molar-refractivity contribution in [2.45, 2.75) is 31.7 Å². The first-order valence-electron chi connectivity index (χ1n) is 5.60. The summed E-state index contributed by atoms with van der Waals surface area (Å²) in [4.78, 5) is 36.6. The van der Waals surface area contributed by atoms with Gasteiger partial charge in [-0.25, -0.2) is 0 Å². The molecule has 0 aromatic rings. The van der Waals surface area contributed by atoms with E-state index in [4.69, 9.17) is 0 Å². The number of amides is 2. The van der Waals surface area contributed by atoms with Gasteiger partial charge in [0.15, 0.2) is 5.78 Å². The lowest BCUT2D eigenvalue weighted by molar-refractivity contribution is -0.149. The molecule has 1 N–H and O–H groups in total. The van der Waals surface area contributed by atoms with Crippen LogP contribution < -0.4 is 5.32 Å². The molecule has 0 aromatic heterocycles. The molecule has 2 amide bonds. The molecule has 2 unspecified atom stereocenters. The molecule has 16 heavy (non-hydrogen) atoms. The fourth-order valence-electron chi connectivity index (χ4n) is 3.25. The predicted octanol–water partition coefficient (Wildman–Crippen LogP) is -0.544. The molecule has 3 fully saturated rings. The summed E-state index contributed by atoms with van der Waals surface area (Å²) in [5.41, 5.74) is -1.11. The number of hydrogen-bond acceptors (Lipinski definition) is 3. The summed E-state index contributed by atoms with van der Waals surface area (Å²) in [6, 6.07) is 0. The Labute approximate surface area is 93.2 Å².